The molecule has 1 saturated heterocycles. The van der Waals surface area contributed by atoms with E-state index in [1.165, 1.54) is 0 Å². The summed E-state index contributed by atoms with van der Waals surface area (Å²) < 4.78 is 0. The first-order valence-electron chi connectivity index (χ1n) is 5.55. The van der Waals surface area contributed by atoms with Gasteiger partial charge in [-0.3, -0.25) is 4.79 Å². The first-order chi connectivity index (χ1) is 7.18. The lowest BCUT2D eigenvalue weighted by atomic mass is 10.0. The maximum absolute atomic E-state index is 12.1. The van der Waals surface area contributed by atoms with Gasteiger partial charge in [-0.25, -0.2) is 0 Å². The number of rotatable bonds is 1. The summed E-state index contributed by atoms with van der Waals surface area (Å²) in [6.07, 6.45) is 2.30. The maximum atomic E-state index is 12.1. The molecule has 1 heterocycles. The van der Waals surface area contributed by atoms with Crippen molar-refractivity contribution in [2.75, 3.05) is 13.1 Å². The molecule has 0 aliphatic carbocycles. The molecule has 1 aromatic rings. The lowest BCUT2D eigenvalue weighted by Crippen LogP contribution is -2.28. The summed E-state index contributed by atoms with van der Waals surface area (Å²) in [5.74, 6) is 0.203. The maximum Gasteiger partial charge on any atom is 0.254 e. The Balaban J connectivity index is 2.27. The van der Waals surface area contributed by atoms with Gasteiger partial charge in [-0.05, 0) is 38.3 Å². The van der Waals surface area contributed by atoms with Crippen LogP contribution in [0.2, 0.25) is 0 Å². The molecule has 0 atom stereocenters. The van der Waals surface area contributed by atoms with Crippen LogP contribution < -0.4 is 0 Å². The van der Waals surface area contributed by atoms with Crippen molar-refractivity contribution < 1.29 is 4.79 Å². The molecule has 1 aliphatic rings. The molecule has 1 aromatic carbocycles. The second kappa shape index (κ2) is 4.05. The summed E-state index contributed by atoms with van der Waals surface area (Å²) in [7, 11) is 0. The molecule has 0 spiro atoms. The topological polar surface area (TPSA) is 20.3 Å². The van der Waals surface area contributed by atoms with Crippen LogP contribution in [0.5, 0.6) is 0 Å². The zero-order chi connectivity index (χ0) is 10.8. The Hall–Kier alpha value is -1.31. The molecular formula is C13H17NO. The number of carbonyl (C=O) groups excluding carboxylic acids is 1. The number of hydrogen-bond donors (Lipinski definition) is 0. The van der Waals surface area contributed by atoms with E-state index in [4.69, 9.17) is 0 Å². The van der Waals surface area contributed by atoms with Gasteiger partial charge in [-0.1, -0.05) is 17.7 Å². The molecule has 15 heavy (non-hydrogen) atoms. The Labute approximate surface area is 90.9 Å². The van der Waals surface area contributed by atoms with Gasteiger partial charge < -0.3 is 4.90 Å². The number of hydrogen-bond acceptors (Lipinski definition) is 1. The van der Waals surface area contributed by atoms with Crippen molar-refractivity contribution in [3.05, 3.63) is 34.9 Å². The molecular weight excluding hydrogens is 186 g/mol. The fourth-order valence-corrected chi connectivity index (χ4v) is 2.06. The van der Waals surface area contributed by atoms with Crippen LogP contribution in [0.15, 0.2) is 18.2 Å². The van der Waals surface area contributed by atoms with E-state index in [1.807, 2.05) is 30.9 Å². The predicted octanol–water partition coefficient (Wildman–Crippen LogP) is 2.54. The second-order valence-corrected chi connectivity index (χ2v) is 4.32. The quantitative estimate of drug-likeness (QED) is 0.687. The molecule has 0 N–H and O–H groups in total. The van der Waals surface area contributed by atoms with Crippen molar-refractivity contribution in [1.29, 1.82) is 0 Å². The average molecular weight is 203 g/mol. The van der Waals surface area contributed by atoms with Crippen molar-refractivity contribution in [3.8, 4) is 0 Å². The molecule has 0 saturated carbocycles. The van der Waals surface area contributed by atoms with Crippen LogP contribution >= 0.6 is 0 Å². The molecule has 80 valence electrons. The van der Waals surface area contributed by atoms with E-state index in [9.17, 15) is 4.79 Å². The number of amides is 1. The van der Waals surface area contributed by atoms with Crippen LogP contribution in [0.3, 0.4) is 0 Å². The van der Waals surface area contributed by atoms with Crippen LogP contribution in [-0.2, 0) is 0 Å². The Morgan fingerprint density at radius 2 is 1.87 bits per heavy atom. The van der Waals surface area contributed by atoms with Crippen LogP contribution in [0, 0.1) is 13.8 Å². The normalized spacial score (nSPS) is 15.7. The third kappa shape index (κ3) is 2.04. The molecule has 2 nitrogen and oxygen atoms in total. The number of aryl methyl sites for hydroxylation is 2. The monoisotopic (exact) mass is 203 g/mol. The third-order valence-electron chi connectivity index (χ3n) is 3.02. The van der Waals surface area contributed by atoms with E-state index in [0.29, 0.717) is 0 Å². The molecule has 2 rings (SSSR count). The van der Waals surface area contributed by atoms with Gasteiger partial charge in [0.1, 0.15) is 0 Å². The fraction of sp³-hybridized carbons (Fsp3) is 0.462. The highest BCUT2D eigenvalue weighted by molar-refractivity contribution is 5.96. The SMILES string of the molecule is Cc1ccc(C)c(C(=O)N2CCCC2)c1. The van der Waals surface area contributed by atoms with Gasteiger partial charge >= 0.3 is 0 Å². The highest BCUT2D eigenvalue weighted by atomic mass is 16.2. The van der Waals surface area contributed by atoms with Crippen molar-refractivity contribution in [2.24, 2.45) is 0 Å². The smallest absolute Gasteiger partial charge is 0.254 e. The van der Waals surface area contributed by atoms with Crippen LogP contribution in [0.4, 0.5) is 0 Å². The lowest BCUT2D eigenvalue weighted by molar-refractivity contribution is 0.0792. The zero-order valence-corrected chi connectivity index (χ0v) is 9.42. The Kier molecular flexibility index (Phi) is 2.76. The molecule has 2 heteroatoms. The van der Waals surface area contributed by atoms with E-state index in [2.05, 4.69) is 6.07 Å². The number of likely N-dealkylation sites (tertiary alicyclic amines) is 1. The molecule has 0 unspecified atom stereocenters. The Morgan fingerprint density at radius 1 is 1.20 bits per heavy atom. The summed E-state index contributed by atoms with van der Waals surface area (Å²) in [5, 5.41) is 0. The van der Waals surface area contributed by atoms with Gasteiger partial charge in [-0.2, -0.15) is 0 Å². The number of carbonyl (C=O) groups is 1. The van der Waals surface area contributed by atoms with Crippen molar-refractivity contribution >= 4 is 5.91 Å². The van der Waals surface area contributed by atoms with Crippen molar-refractivity contribution in [2.45, 2.75) is 26.7 Å². The summed E-state index contributed by atoms with van der Waals surface area (Å²) in [6, 6.07) is 6.07. The second-order valence-electron chi connectivity index (χ2n) is 4.32. The van der Waals surface area contributed by atoms with Gasteiger partial charge in [0.05, 0.1) is 0 Å². The molecule has 0 bridgehead atoms. The summed E-state index contributed by atoms with van der Waals surface area (Å²) >= 11 is 0. The van der Waals surface area contributed by atoms with Gasteiger partial charge in [-0.15, -0.1) is 0 Å². The van der Waals surface area contributed by atoms with Crippen LogP contribution in [-0.4, -0.2) is 23.9 Å². The summed E-state index contributed by atoms with van der Waals surface area (Å²) in [5.41, 5.74) is 3.11. The van der Waals surface area contributed by atoms with E-state index in [1.54, 1.807) is 0 Å². The first-order valence-corrected chi connectivity index (χ1v) is 5.55. The van der Waals surface area contributed by atoms with Crippen molar-refractivity contribution in [3.63, 3.8) is 0 Å². The highest BCUT2D eigenvalue weighted by Crippen LogP contribution is 2.16. The predicted molar refractivity (Wildman–Crippen MR) is 61.1 cm³/mol. The zero-order valence-electron chi connectivity index (χ0n) is 9.42. The Morgan fingerprint density at radius 3 is 2.53 bits per heavy atom. The number of nitrogens with zero attached hydrogens (tertiary/aromatic N) is 1. The summed E-state index contributed by atoms with van der Waals surface area (Å²) in [6.45, 7) is 5.88. The average Bonchev–Trinajstić information content (AvgIpc) is 2.74. The highest BCUT2D eigenvalue weighted by Gasteiger charge is 2.20. The van der Waals surface area contributed by atoms with E-state index < -0.39 is 0 Å². The minimum absolute atomic E-state index is 0.203. The van der Waals surface area contributed by atoms with Crippen LogP contribution in [0.1, 0.15) is 34.3 Å². The minimum atomic E-state index is 0.203. The summed E-state index contributed by atoms with van der Waals surface area (Å²) in [4.78, 5) is 14.1. The molecule has 0 aromatic heterocycles. The molecule has 1 aliphatic heterocycles. The third-order valence-corrected chi connectivity index (χ3v) is 3.02. The van der Waals surface area contributed by atoms with Gasteiger partial charge in [0.25, 0.3) is 5.91 Å². The van der Waals surface area contributed by atoms with Gasteiger partial charge in [0, 0.05) is 18.7 Å². The van der Waals surface area contributed by atoms with E-state index in [-0.39, 0.29) is 5.91 Å². The standard InChI is InChI=1S/C13H17NO/c1-10-5-6-11(2)12(9-10)13(15)14-7-3-4-8-14/h5-6,9H,3-4,7-8H2,1-2H3. The van der Waals surface area contributed by atoms with Crippen LogP contribution in [0.25, 0.3) is 0 Å². The van der Waals surface area contributed by atoms with Gasteiger partial charge in [0.15, 0.2) is 0 Å². The lowest BCUT2D eigenvalue weighted by Gasteiger charge is -2.16. The van der Waals surface area contributed by atoms with E-state index >= 15 is 0 Å². The Bertz CT molecular complexity index is 378. The molecule has 0 radical (unpaired) electrons. The number of benzene rings is 1. The molecule has 1 amide bonds. The fourth-order valence-electron chi connectivity index (χ4n) is 2.06. The van der Waals surface area contributed by atoms with Crippen molar-refractivity contribution in [1.82, 2.24) is 4.90 Å². The largest absolute Gasteiger partial charge is 0.339 e. The van der Waals surface area contributed by atoms with Gasteiger partial charge in [0.2, 0.25) is 0 Å². The molecule has 1 fully saturated rings. The first kappa shape index (κ1) is 10.2. The van der Waals surface area contributed by atoms with E-state index in [0.717, 1.165) is 42.6 Å². The minimum Gasteiger partial charge on any atom is -0.339 e.